The zero-order valence-corrected chi connectivity index (χ0v) is 10.6. The Bertz CT molecular complexity index is 545. The van der Waals surface area contributed by atoms with Gasteiger partial charge in [-0.3, -0.25) is 0 Å². The van der Waals surface area contributed by atoms with E-state index in [0.29, 0.717) is 6.42 Å². The van der Waals surface area contributed by atoms with Gasteiger partial charge >= 0.3 is 6.09 Å². The molecule has 2 rings (SSSR count). The molecule has 1 amide bonds. The van der Waals surface area contributed by atoms with Crippen LogP contribution in [-0.2, 0) is 6.42 Å². The molecule has 0 fully saturated rings. The van der Waals surface area contributed by atoms with Crippen LogP contribution < -0.4 is 5.32 Å². The van der Waals surface area contributed by atoms with E-state index in [0.717, 1.165) is 16.5 Å². The number of rotatable bonds is 4. The van der Waals surface area contributed by atoms with E-state index in [1.165, 1.54) is 0 Å². The summed E-state index contributed by atoms with van der Waals surface area (Å²) < 4.78 is 0. The lowest BCUT2D eigenvalue weighted by Gasteiger charge is -2.20. The fraction of sp³-hybridized carbons (Fsp3) is 0.357. The third-order valence-electron chi connectivity index (χ3n) is 3.23. The van der Waals surface area contributed by atoms with E-state index in [1.807, 2.05) is 38.2 Å². The number of hydrogen-bond acceptors (Lipinski definition) is 1. The largest absolute Gasteiger partial charge is 0.465 e. The monoisotopic (exact) mass is 246 g/mol. The minimum absolute atomic E-state index is 0.0679. The van der Waals surface area contributed by atoms with Crippen molar-refractivity contribution in [1.29, 1.82) is 0 Å². The van der Waals surface area contributed by atoms with Crippen LogP contribution in [0.2, 0.25) is 0 Å². The minimum atomic E-state index is -0.964. The van der Waals surface area contributed by atoms with Gasteiger partial charge in [-0.1, -0.05) is 32.0 Å². The normalized spacial score (nSPS) is 12.8. The number of para-hydroxylation sites is 1. The van der Waals surface area contributed by atoms with E-state index in [-0.39, 0.29) is 12.0 Å². The maximum Gasteiger partial charge on any atom is 0.404 e. The first kappa shape index (κ1) is 12.5. The zero-order chi connectivity index (χ0) is 13.1. The van der Waals surface area contributed by atoms with E-state index < -0.39 is 6.09 Å². The minimum Gasteiger partial charge on any atom is -0.465 e. The second-order valence-electron chi connectivity index (χ2n) is 4.86. The summed E-state index contributed by atoms with van der Waals surface area (Å²) in [5.41, 5.74) is 2.24. The van der Waals surface area contributed by atoms with Crippen LogP contribution in [0.5, 0.6) is 0 Å². The molecule has 0 aliphatic rings. The molecule has 0 saturated carbocycles. The lowest BCUT2D eigenvalue weighted by atomic mass is 9.96. The smallest absolute Gasteiger partial charge is 0.404 e. The zero-order valence-electron chi connectivity index (χ0n) is 10.6. The topological polar surface area (TPSA) is 65.1 Å². The third kappa shape index (κ3) is 2.64. The van der Waals surface area contributed by atoms with Crippen LogP contribution >= 0.6 is 0 Å². The fourth-order valence-electron chi connectivity index (χ4n) is 2.15. The summed E-state index contributed by atoms with van der Waals surface area (Å²) in [5, 5.41) is 12.6. The Morgan fingerprint density at radius 3 is 2.78 bits per heavy atom. The van der Waals surface area contributed by atoms with Crippen LogP contribution in [0.4, 0.5) is 4.79 Å². The first-order valence-electron chi connectivity index (χ1n) is 6.12. The highest BCUT2D eigenvalue weighted by Gasteiger charge is 2.17. The Balaban J connectivity index is 2.23. The molecule has 96 valence electrons. The van der Waals surface area contributed by atoms with Crippen molar-refractivity contribution >= 4 is 17.0 Å². The molecular weight excluding hydrogens is 228 g/mol. The van der Waals surface area contributed by atoms with Gasteiger partial charge in [0.05, 0.1) is 0 Å². The summed E-state index contributed by atoms with van der Waals surface area (Å²) in [6, 6.07) is 7.99. The summed E-state index contributed by atoms with van der Waals surface area (Å²) in [7, 11) is 0. The molecule has 0 spiro atoms. The lowest BCUT2D eigenvalue weighted by Crippen LogP contribution is -2.39. The molecule has 0 aliphatic heterocycles. The van der Waals surface area contributed by atoms with Crippen molar-refractivity contribution in [1.82, 2.24) is 10.3 Å². The number of fused-ring (bicyclic) bond motifs is 1. The summed E-state index contributed by atoms with van der Waals surface area (Å²) in [4.78, 5) is 14.0. The molecule has 1 atom stereocenters. The molecule has 4 nitrogen and oxygen atoms in total. The van der Waals surface area contributed by atoms with Gasteiger partial charge in [0, 0.05) is 23.1 Å². The Morgan fingerprint density at radius 1 is 1.39 bits per heavy atom. The Hall–Kier alpha value is -1.97. The van der Waals surface area contributed by atoms with Crippen molar-refractivity contribution in [2.45, 2.75) is 26.3 Å². The number of aromatic amines is 1. The molecule has 2 aromatic rings. The highest BCUT2D eigenvalue weighted by molar-refractivity contribution is 5.83. The molecule has 4 heteroatoms. The van der Waals surface area contributed by atoms with Crippen molar-refractivity contribution in [3.63, 3.8) is 0 Å². The van der Waals surface area contributed by atoms with Crippen LogP contribution in [0.3, 0.4) is 0 Å². The first-order chi connectivity index (χ1) is 8.58. The number of amides is 1. The number of benzene rings is 1. The predicted octanol–water partition coefficient (Wildman–Crippen LogP) is 3.00. The van der Waals surface area contributed by atoms with Crippen LogP contribution in [0.15, 0.2) is 30.5 Å². The average Bonchev–Trinajstić information content (AvgIpc) is 2.71. The van der Waals surface area contributed by atoms with Gasteiger partial charge in [-0.05, 0) is 24.0 Å². The molecule has 1 heterocycles. The number of H-pyrrole nitrogens is 1. The average molecular weight is 246 g/mol. The highest BCUT2D eigenvalue weighted by atomic mass is 16.4. The van der Waals surface area contributed by atoms with Crippen molar-refractivity contribution in [3.05, 3.63) is 36.0 Å². The van der Waals surface area contributed by atoms with Crippen LogP contribution in [0, 0.1) is 5.92 Å². The Morgan fingerprint density at radius 2 is 2.11 bits per heavy atom. The number of hydrogen-bond donors (Lipinski definition) is 3. The van der Waals surface area contributed by atoms with Gasteiger partial charge in [0.1, 0.15) is 0 Å². The fourth-order valence-corrected chi connectivity index (χ4v) is 2.15. The van der Waals surface area contributed by atoms with E-state index in [9.17, 15) is 4.79 Å². The molecule has 0 aliphatic carbocycles. The molecule has 18 heavy (non-hydrogen) atoms. The van der Waals surface area contributed by atoms with E-state index in [4.69, 9.17) is 5.11 Å². The van der Waals surface area contributed by atoms with Crippen LogP contribution in [0.1, 0.15) is 19.4 Å². The van der Waals surface area contributed by atoms with E-state index >= 15 is 0 Å². The molecule has 0 unspecified atom stereocenters. The van der Waals surface area contributed by atoms with Crippen molar-refractivity contribution in [3.8, 4) is 0 Å². The Labute approximate surface area is 106 Å². The third-order valence-corrected chi connectivity index (χ3v) is 3.23. The van der Waals surface area contributed by atoms with E-state index in [2.05, 4.69) is 16.4 Å². The quantitative estimate of drug-likeness (QED) is 0.776. The van der Waals surface area contributed by atoms with Crippen molar-refractivity contribution in [2.75, 3.05) is 0 Å². The summed E-state index contributed by atoms with van der Waals surface area (Å²) in [6.07, 6.45) is 1.70. The Kier molecular flexibility index (Phi) is 3.55. The molecular formula is C14H18N2O2. The summed E-state index contributed by atoms with van der Waals surface area (Å²) in [5.74, 6) is 0.259. The van der Waals surface area contributed by atoms with Gasteiger partial charge in [0.2, 0.25) is 0 Å². The summed E-state index contributed by atoms with van der Waals surface area (Å²) in [6.45, 7) is 4.05. The van der Waals surface area contributed by atoms with Gasteiger partial charge < -0.3 is 15.4 Å². The van der Waals surface area contributed by atoms with Gasteiger partial charge in [0.15, 0.2) is 0 Å². The second-order valence-corrected chi connectivity index (χ2v) is 4.86. The lowest BCUT2D eigenvalue weighted by molar-refractivity contribution is 0.185. The molecule has 1 aromatic carbocycles. The predicted molar refractivity (Wildman–Crippen MR) is 71.8 cm³/mol. The summed E-state index contributed by atoms with van der Waals surface area (Å²) >= 11 is 0. The van der Waals surface area contributed by atoms with E-state index in [1.54, 1.807) is 0 Å². The SMILES string of the molecule is CC(C)[C@@H](Cc1c[nH]c2ccccc12)NC(=O)O. The molecule has 0 radical (unpaired) electrons. The van der Waals surface area contributed by atoms with Crippen molar-refractivity contribution in [2.24, 2.45) is 5.92 Å². The highest BCUT2D eigenvalue weighted by Crippen LogP contribution is 2.20. The van der Waals surface area contributed by atoms with Crippen molar-refractivity contribution < 1.29 is 9.90 Å². The van der Waals surface area contributed by atoms with Gasteiger partial charge in [-0.2, -0.15) is 0 Å². The standard InChI is InChI=1S/C14H18N2O2/c1-9(2)13(16-14(17)18)7-10-8-15-12-6-4-3-5-11(10)12/h3-6,8-9,13,15-16H,7H2,1-2H3,(H,17,18)/t13-/m1/s1. The number of nitrogens with one attached hydrogen (secondary N) is 2. The number of carbonyl (C=O) groups is 1. The maximum atomic E-state index is 10.8. The first-order valence-corrected chi connectivity index (χ1v) is 6.12. The molecule has 1 aromatic heterocycles. The molecule has 0 bridgehead atoms. The van der Waals surface area contributed by atoms with Gasteiger partial charge in [-0.15, -0.1) is 0 Å². The second kappa shape index (κ2) is 5.12. The molecule has 3 N–H and O–H groups in total. The number of aromatic nitrogens is 1. The molecule has 0 saturated heterocycles. The van der Waals surface area contributed by atoms with Crippen LogP contribution in [0.25, 0.3) is 10.9 Å². The van der Waals surface area contributed by atoms with Gasteiger partial charge in [0.25, 0.3) is 0 Å². The number of carboxylic acid groups (broad SMARTS) is 1. The maximum absolute atomic E-state index is 10.8. The van der Waals surface area contributed by atoms with Crippen LogP contribution in [-0.4, -0.2) is 22.2 Å². The van der Waals surface area contributed by atoms with Gasteiger partial charge in [-0.25, -0.2) is 4.79 Å².